The highest BCUT2D eigenvalue weighted by molar-refractivity contribution is 5.51. The molecule has 3 heteroatoms. The Morgan fingerprint density at radius 2 is 2.33 bits per heavy atom. The molecule has 0 aliphatic carbocycles. The van der Waals surface area contributed by atoms with E-state index in [-0.39, 0.29) is 6.10 Å². The Balaban J connectivity index is 2.03. The van der Waals surface area contributed by atoms with Gasteiger partial charge in [0.05, 0.1) is 6.10 Å². The van der Waals surface area contributed by atoms with Crippen molar-refractivity contribution >= 4 is 5.69 Å². The molecule has 0 saturated carbocycles. The minimum absolute atomic E-state index is 0.274. The van der Waals surface area contributed by atoms with Gasteiger partial charge in [-0.05, 0) is 44.4 Å². The Bertz CT molecular complexity index is 381. The number of anilines is 1. The number of nitrogens with zero attached hydrogens (tertiary/aromatic N) is 1. The second kappa shape index (κ2) is 6.10. The van der Waals surface area contributed by atoms with Crippen molar-refractivity contribution in [3.63, 3.8) is 0 Å². The molecule has 0 aromatic heterocycles. The van der Waals surface area contributed by atoms with Crippen LogP contribution in [0.4, 0.5) is 5.69 Å². The number of hydrogen-bond acceptors (Lipinski definition) is 3. The minimum Gasteiger partial charge on any atom is -0.491 e. The molecular weight excluding hydrogens is 224 g/mol. The van der Waals surface area contributed by atoms with Crippen molar-refractivity contribution in [2.75, 3.05) is 24.5 Å². The zero-order valence-electron chi connectivity index (χ0n) is 11.4. The molecule has 0 radical (unpaired) electrons. The largest absolute Gasteiger partial charge is 0.491 e. The average molecular weight is 248 g/mol. The van der Waals surface area contributed by atoms with Crippen molar-refractivity contribution in [2.45, 2.75) is 32.8 Å². The molecule has 3 nitrogen and oxygen atoms in total. The molecule has 1 aromatic carbocycles. The van der Waals surface area contributed by atoms with E-state index in [1.165, 1.54) is 12.1 Å². The molecular formula is C15H24N2O. The van der Waals surface area contributed by atoms with E-state index in [0.717, 1.165) is 31.8 Å². The van der Waals surface area contributed by atoms with Crippen LogP contribution in [0.15, 0.2) is 24.3 Å². The van der Waals surface area contributed by atoms with E-state index in [0.29, 0.717) is 5.92 Å². The van der Waals surface area contributed by atoms with Gasteiger partial charge in [0.2, 0.25) is 0 Å². The highest BCUT2D eigenvalue weighted by atomic mass is 16.5. The molecule has 0 spiro atoms. The third-order valence-electron chi connectivity index (χ3n) is 3.71. The second-order valence-electron chi connectivity index (χ2n) is 5.17. The maximum absolute atomic E-state index is 5.87. The average Bonchev–Trinajstić information content (AvgIpc) is 2.87. The molecule has 0 bridgehead atoms. The van der Waals surface area contributed by atoms with Crippen molar-refractivity contribution in [2.24, 2.45) is 11.7 Å². The normalized spacial score (nSPS) is 21.1. The smallest absolute Gasteiger partial charge is 0.121 e. The fourth-order valence-electron chi connectivity index (χ4n) is 2.33. The first kappa shape index (κ1) is 13.2. The molecule has 1 aliphatic heterocycles. The molecule has 100 valence electrons. The van der Waals surface area contributed by atoms with Crippen LogP contribution >= 0.6 is 0 Å². The molecule has 2 rings (SSSR count). The van der Waals surface area contributed by atoms with Crippen LogP contribution in [0.2, 0.25) is 0 Å². The van der Waals surface area contributed by atoms with Gasteiger partial charge in [0.15, 0.2) is 0 Å². The Morgan fingerprint density at radius 3 is 3.00 bits per heavy atom. The van der Waals surface area contributed by atoms with Crippen LogP contribution in [0, 0.1) is 5.92 Å². The van der Waals surface area contributed by atoms with Crippen LogP contribution in [0.25, 0.3) is 0 Å². The minimum atomic E-state index is 0.274. The Morgan fingerprint density at radius 1 is 1.50 bits per heavy atom. The van der Waals surface area contributed by atoms with Crippen LogP contribution in [-0.4, -0.2) is 25.7 Å². The van der Waals surface area contributed by atoms with Crippen molar-refractivity contribution < 1.29 is 4.74 Å². The maximum atomic E-state index is 5.87. The number of hydrogen-bond donors (Lipinski definition) is 1. The van der Waals surface area contributed by atoms with Crippen molar-refractivity contribution in [3.05, 3.63) is 24.3 Å². The first-order valence-corrected chi connectivity index (χ1v) is 6.94. The fourth-order valence-corrected chi connectivity index (χ4v) is 2.33. The van der Waals surface area contributed by atoms with E-state index in [9.17, 15) is 0 Å². The summed E-state index contributed by atoms with van der Waals surface area (Å²) in [5.74, 6) is 1.61. The zero-order chi connectivity index (χ0) is 13.0. The summed E-state index contributed by atoms with van der Waals surface area (Å²) < 4.78 is 5.87. The third-order valence-corrected chi connectivity index (χ3v) is 3.71. The van der Waals surface area contributed by atoms with Crippen LogP contribution in [-0.2, 0) is 0 Å². The summed E-state index contributed by atoms with van der Waals surface area (Å²) in [5.41, 5.74) is 6.99. The van der Waals surface area contributed by atoms with Gasteiger partial charge in [0.25, 0.3) is 0 Å². The van der Waals surface area contributed by atoms with Gasteiger partial charge in [-0.2, -0.15) is 0 Å². The quantitative estimate of drug-likeness (QED) is 0.870. The van der Waals surface area contributed by atoms with Gasteiger partial charge in [0, 0.05) is 24.8 Å². The second-order valence-corrected chi connectivity index (χ2v) is 5.17. The highest BCUT2D eigenvalue weighted by Gasteiger charge is 2.21. The van der Waals surface area contributed by atoms with Gasteiger partial charge in [-0.3, -0.25) is 0 Å². The van der Waals surface area contributed by atoms with Gasteiger partial charge in [-0.1, -0.05) is 13.0 Å². The van der Waals surface area contributed by atoms with Gasteiger partial charge < -0.3 is 15.4 Å². The van der Waals surface area contributed by atoms with E-state index in [1.54, 1.807) is 0 Å². The van der Waals surface area contributed by atoms with E-state index in [2.05, 4.69) is 36.9 Å². The molecule has 0 amide bonds. The summed E-state index contributed by atoms with van der Waals surface area (Å²) in [7, 11) is 0. The topological polar surface area (TPSA) is 38.5 Å². The first-order valence-electron chi connectivity index (χ1n) is 6.94. The van der Waals surface area contributed by atoms with E-state index < -0.39 is 0 Å². The standard InChI is InChI=1S/C15H24N2O/c1-3-12(2)18-15-6-4-5-14(9-15)17-8-7-13(10-16)11-17/h4-6,9,12-13H,3,7-8,10-11,16H2,1-2H3. The van der Waals surface area contributed by atoms with Crippen molar-refractivity contribution in [1.82, 2.24) is 0 Å². The molecule has 2 N–H and O–H groups in total. The molecule has 1 aliphatic rings. The predicted octanol–water partition coefficient (Wildman–Crippen LogP) is 2.65. The predicted molar refractivity (Wildman–Crippen MR) is 76.2 cm³/mol. The molecule has 18 heavy (non-hydrogen) atoms. The number of nitrogens with two attached hydrogens (primary N) is 1. The van der Waals surface area contributed by atoms with Crippen LogP contribution < -0.4 is 15.4 Å². The molecule has 1 saturated heterocycles. The Kier molecular flexibility index (Phi) is 4.48. The summed E-state index contributed by atoms with van der Waals surface area (Å²) in [6.07, 6.45) is 2.51. The summed E-state index contributed by atoms with van der Waals surface area (Å²) in [5, 5.41) is 0. The van der Waals surface area contributed by atoms with Gasteiger partial charge >= 0.3 is 0 Å². The molecule has 1 fully saturated rings. The SMILES string of the molecule is CCC(C)Oc1cccc(N2CCC(CN)C2)c1. The third kappa shape index (κ3) is 3.16. The monoisotopic (exact) mass is 248 g/mol. The number of benzene rings is 1. The van der Waals surface area contributed by atoms with E-state index >= 15 is 0 Å². The summed E-state index contributed by atoms with van der Waals surface area (Å²) in [4.78, 5) is 2.40. The van der Waals surface area contributed by atoms with Crippen LogP contribution in [0.1, 0.15) is 26.7 Å². The van der Waals surface area contributed by atoms with Crippen LogP contribution in [0.3, 0.4) is 0 Å². The first-order chi connectivity index (χ1) is 8.72. The van der Waals surface area contributed by atoms with Gasteiger partial charge in [-0.25, -0.2) is 0 Å². The molecule has 1 heterocycles. The zero-order valence-corrected chi connectivity index (χ0v) is 11.4. The van der Waals surface area contributed by atoms with Gasteiger partial charge in [0.1, 0.15) is 5.75 Å². The van der Waals surface area contributed by atoms with E-state index in [1.807, 2.05) is 6.07 Å². The lowest BCUT2D eigenvalue weighted by molar-refractivity contribution is 0.217. The summed E-state index contributed by atoms with van der Waals surface area (Å²) in [6, 6.07) is 8.41. The highest BCUT2D eigenvalue weighted by Crippen LogP contribution is 2.27. The van der Waals surface area contributed by atoms with Gasteiger partial charge in [-0.15, -0.1) is 0 Å². The summed E-state index contributed by atoms with van der Waals surface area (Å²) >= 11 is 0. The lowest BCUT2D eigenvalue weighted by atomic mass is 10.1. The van der Waals surface area contributed by atoms with Crippen molar-refractivity contribution in [3.8, 4) is 5.75 Å². The molecule has 2 atom stereocenters. The van der Waals surface area contributed by atoms with Crippen LogP contribution in [0.5, 0.6) is 5.75 Å². The Labute approximate surface area is 110 Å². The number of rotatable bonds is 5. The fraction of sp³-hybridized carbons (Fsp3) is 0.600. The lowest BCUT2D eigenvalue weighted by Crippen LogP contribution is -2.22. The maximum Gasteiger partial charge on any atom is 0.121 e. The Hall–Kier alpha value is -1.22. The molecule has 2 unspecified atom stereocenters. The number of ether oxygens (including phenoxy) is 1. The lowest BCUT2D eigenvalue weighted by Gasteiger charge is -2.20. The van der Waals surface area contributed by atoms with Crippen molar-refractivity contribution in [1.29, 1.82) is 0 Å². The summed E-state index contributed by atoms with van der Waals surface area (Å²) in [6.45, 7) is 7.21. The molecule has 1 aromatic rings. The van der Waals surface area contributed by atoms with E-state index in [4.69, 9.17) is 10.5 Å².